The number of aromatic hydroxyl groups is 1. The summed E-state index contributed by atoms with van der Waals surface area (Å²) >= 11 is 0. The fourth-order valence-corrected chi connectivity index (χ4v) is 3.58. The SMILES string of the molecule is O=C(O)Nc1ccc2[nH]c(O)c(C=c3ccc4c(c3)N=NC=4/C=C/c3ccncc3)c2c1. The van der Waals surface area contributed by atoms with Crippen LogP contribution in [0.4, 0.5) is 16.2 Å². The van der Waals surface area contributed by atoms with Gasteiger partial charge in [0.05, 0.1) is 11.4 Å². The van der Waals surface area contributed by atoms with Crippen molar-refractivity contribution >= 4 is 46.2 Å². The number of nitrogens with zero attached hydrogens (tertiary/aromatic N) is 3. The summed E-state index contributed by atoms with van der Waals surface area (Å²) in [7, 11) is 0. The Bertz CT molecular complexity index is 1540. The number of pyridine rings is 1. The van der Waals surface area contributed by atoms with E-state index in [4.69, 9.17) is 5.11 Å². The highest BCUT2D eigenvalue weighted by atomic mass is 16.4. The Labute approximate surface area is 181 Å². The summed E-state index contributed by atoms with van der Waals surface area (Å²) in [5.74, 6) is 0.00198. The normalized spacial score (nSPS) is 13.2. The molecule has 2 aromatic heterocycles. The lowest BCUT2D eigenvalue weighted by Crippen LogP contribution is -2.08. The molecule has 4 aromatic rings. The summed E-state index contributed by atoms with van der Waals surface area (Å²) in [5, 5.41) is 32.7. The number of fused-ring (bicyclic) bond motifs is 2. The predicted octanol–water partition coefficient (Wildman–Crippen LogP) is 4.11. The highest BCUT2D eigenvalue weighted by Gasteiger charge is 2.11. The van der Waals surface area contributed by atoms with Crippen molar-refractivity contribution in [3.8, 4) is 5.88 Å². The molecule has 4 N–H and O–H groups in total. The topological polar surface area (TPSA) is 123 Å². The molecular formula is C24H17N5O3. The van der Waals surface area contributed by atoms with Crippen LogP contribution in [0.5, 0.6) is 5.88 Å². The summed E-state index contributed by atoms with van der Waals surface area (Å²) in [6, 6.07) is 14.6. The molecule has 2 aromatic carbocycles. The first-order valence-electron chi connectivity index (χ1n) is 9.77. The van der Waals surface area contributed by atoms with Crippen LogP contribution in [0.15, 0.2) is 77.2 Å². The minimum absolute atomic E-state index is 0.00198. The van der Waals surface area contributed by atoms with Crippen molar-refractivity contribution in [2.75, 3.05) is 5.32 Å². The zero-order valence-corrected chi connectivity index (χ0v) is 16.6. The summed E-state index contributed by atoms with van der Waals surface area (Å²) < 4.78 is 0. The second-order valence-corrected chi connectivity index (χ2v) is 7.20. The van der Waals surface area contributed by atoms with E-state index in [2.05, 4.69) is 25.5 Å². The predicted molar refractivity (Wildman–Crippen MR) is 122 cm³/mol. The highest BCUT2D eigenvalue weighted by Crippen LogP contribution is 2.30. The number of amides is 1. The van der Waals surface area contributed by atoms with Crippen LogP contribution in [0.25, 0.3) is 28.8 Å². The molecule has 0 aliphatic carbocycles. The Morgan fingerprint density at radius 2 is 1.84 bits per heavy atom. The van der Waals surface area contributed by atoms with E-state index in [1.54, 1.807) is 30.6 Å². The molecule has 0 fully saturated rings. The largest absolute Gasteiger partial charge is 0.494 e. The van der Waals surface area contributed by atoms with Crippen LogP contribution >= 0.6 is 0 Å². The van der Waals surface area contributed by atoms with E-state index < -0.39 is 6.09 Å². The molecular weight excluding hydrogens is 406 g/mol. The van der Waals surface area contributed by atoms with Crippen molar-refractivity contribution in [3.63, 3.8) is 0 Å². The molecule has 0 radical (unpaired) electrons. The van der Waals surface area contributed by atoms with Crippen LogP contribution < -0.4 is 15.8 Å². The molecule has 1 aliphatic heterocycles. The number of carbonyl (C=O) groups is 1. The van der Waals surface area contributed by atoms with Gasteiger partial charge in [-0.15, -0.1) is 10.2 Å². The van der Waals surface area contributed by atoms with Gasteiger partial charge in [-0.1, -0.05) is 12.1 Å². The standard InChI is InChI=1S/C24H17N5O3/c30-23-19(18-13-16(26-24(31)32)3-6-20(18)27-23)11-15-1-4-17-21(28-29-22(17)12-15)5-2-14-7-9-25-10-8-14/h1-13,26-27,30H,(H,31,32)/b5-2+,15-11?. The van der Waals surface area contributed by atoms with Gasteiger partial charge in [-0.05, 0) is 65.4 Å². The number of rotatable bonds is 4. The lowest BCUT2D eigenvalue weighted by Gasteiger charge is -2.01. The molecule has 0 unspecified atom stereocenters. The number of nitrogens with one attached hydrogen (secondary N) is 2. The molecule has 8 nitrogen and oxygen atoms in total. The van der Waals surface area contributed by atoms with Crippen LogP contribution in [-0.4, -0.2) is 26.3 Å². The minimum Gasteiger partial charge on any atom is -0.494 e. The van der Waals surface area contributed by atoms with Gasteiger partial charge in [0, 0.05) is 39.8 Å². The van der Waals surface area contributed by atoms with Crippen molar-refractivity contribution in [1.82, 2.24) is 9.97 Å². The summed E-state index contributed by atoms with van der Waals surface area (Å²) in [5.41, 5.74) is 4.20. The minimum atomic E-state index is -1.15. The Balaban J connectivity index is 1.54. The van der Waals surface area contributed by atoms with Gasteiger partial charge in [-0.3, -0.25) is 10.3 Å². The molecule has 0 saturated carbocycles. The second-order valence-electron chi connectivity index (χ2n) is 7.20. The first-order valence-corrected chi connectivity index (χ1v) is 9.77. The van der Waals surface area contributed by atoms with E-state index in [-0.39, 0.29) is 5.88 Å². The first-order chi connectivity index (χ1) is 15.6. The fraction of sp³-hybridized carbons (Fsp3) is 0. The van der Waals surface area contributed by atoms with E-state index in [0.717, 1.165) is 27.4 Å². The molecule has 3 heterocycles. The van der Waals surface area contributed by atoms with Crippen molar-refractivity contribution < 1.29 is 15.0 Å². The monoisotopic (exact) mass is 423 g/mol. The Morgan fingerprint density at radius 1 is 1.00 bits per heavy atom. The molecule has 0 bridgehead atoms. The Hall–Kier alpha value is -4.72. The number of azo groups is 1. The third kappa shape index (κ3) is 3.72. The third-order valence-corrected chi connectivity index (χ3v) is 5.08. The number of carboxylic acid groups (broad SMARTS) is 1. The molecule has 32 heavy (non-hydrogen) atoms. The van der Waals surface area contributed by atoms with Gasteiger partial charge < -0.3 is 15.2 Å². The smallest absolute Gasteiger partial charge is 0.409 e. The molecule has 0 spiro atoms. The van der Waals surface area contributed by atoms with E-state index in [1.165, 1.54) is 0 Å². The average Bonchev–Trinajstić information content (AvgIpc) is 3.33. The van der Waals surface area contributed by atoms with Crippen LogP contribution in [0, 0.1) is 0 Å². The van der Waals surface area contributed by atoms with Gasteiger partial charge >= 0.3 is 6.09 Å². The number of hydrogen-bond acceptors (Lipinski definition) is 5. The van der Waals surface area contributed by atoms with Crippen LogP contribution in [0.1, 0.15) is 11.1 Å². The van der Waals surface area contributed by atoms with Crippen molar-refractivity contribution in [2.45, 2.75) is 0 Å². The van der Waals surface area contributed by atoms with Gasteiger partial charge in [0.1, 0.15) is 0 Å². The molecule has 1 aliphatic rings. The van der Waals surface area contributed by atoms with Gasteiger partial charge in [0.2, 0.25) is 0 Å². The maximum atomic E-state index is 10.9. The lowest BCUT2D eigenvalue weighted by atomic mass is 10.1. The van der Waals surface area contributed by atoms with Crippen LogP contribution in [0.2, 0.25) is 0 Å². The van der Waals surface area contributed by atoms with Gasteiger partial charge in [0.15, 0.2) is 5.88 Å². The molecule has 0 saturated heterocycles. The van der Waals surface area contributed by atoms with Gasteiger partial charge in [0.25, 0.3) is 0 Å². The molecule has 1 amide bonds. The lowest BCUT2D eigenvalue weighted by molar-refractivity contribution is 0.210. The molecule has 8 heteroatoms. The molecule has 0 atom stereocenters. The zero-order valence-electron chi connectivity index (χ0n) is 16.6. The molecule has 5 rings (SSSR count). The van der Waals surface area contributed by atoms with Crippen LogP contribution in [0.3, 0.4) is 0 Å². The van der Waals surface area contributed by atoms with Gasteiger partial charge in [-0.2, -0.15) is 0 Å². The number of hydrogen-bond donors (Lipinski definition) is 4. The number of benzene rings is 2. The Morgan fingerprint density at radius 3 is 2.66 bits per heavy atom. The first kappa shape index (κ1) is 19.3. The number of anilines is 1. The second kappa shape index (κ2) is 7.84. The van der Waals surface area contributed by atoms with Crippen molar-refractivity contribution in [1.29, 1.82) is 0 Å². The number of aromatic nitrogens is 2. The van der Waals surface area contributed by atoms with E-state index in [9.17, 15) is 9.90 Å². The van der Waals surface area contributed by atoms with E-state index in [1.807, 2.05) is 48.6 Å². The average molecular weight is 423 g/mol. The maximum absolute atomic E-state index is 10.9. The fourth-order valence-electron chi connectivity index (χ4n) is 3.58. The third-order valence-electron chi connectivity index (χ3n) is 5.08. The van der Waals surface area contributed by atoms with Gasteiger partial charge in [-0.25, -0.2) is 4.79 Å². The number of aromatic amines is 1. The zero-order chi connectivity index (χ0) is 22.1. The summed E-state index contributed by atoms with van der Waals surface area (Å²) in [6.07, 6.45) is 8.01. The molecule has 156 valence electrons. The van der Waals surface area contributed by atoms with Crippen molar-refractivity contribution in [2.24, 2.45) is 10.2 Å². The van der Waals surface area contributed by atoms with Crippen molar-refractivity contribution in [3.05, 3.63) is 88.6 Å². The highest BCUT2D eigenvalue weighted by molar-refractivity contribution is 5.96. The Kier molecular flexibility index (Phi) is 4.72. The number of H-pyrrole nitrogens is 1. The maximum Gasteiger partial charge on any atom is 0.409 e. The quantitative estimate of drug-likeness (QED) is 0.394. The van der Waals surface area contributed by atoms with Crippen LogP contribution in [-0.2, 0) is 0 Å². The summed E-state index contributed by atoms with van der Waals surface area (Å²) in [6.45, 7) is 0. The van der Waals surface area contributed by atoms with E-state index >= 15 is 0 Å². The summed E-state index contributed by atoms with van der Waals surface area (Å²) in [4.78, 5) is 17.9. The van der Waals surface area contributed by atoms with E-state index in [0.29, 0.717) is 22.2 Å².